The largest absolute Gasteiger partial charge is 0.318 e. The molecule has 106 valence electrons. The van der Waals surface area contributed by atoms with Crippen LogP contribution in [0.25, 0.3) is 0 Å². The number of amides is 1. The van der Waals surface area contributed by atoms with Crippen LogP contribution in [0.3, 0.4) is 0 Å². The van der Waals surface area contributed by atoms with Gasteiger partial charge in [-0.15, -0.1) is 0 Å². The minimum Gasteiger partial charge on any atom is -0.318 e. The molecular formula is C15H18ClN3O. The van der Waals surface area contributed by atoms with Crippen molar-refractivity contribution in [3.05, 3.63) is 34.3 Å². The lowest BCUT2D eigenvalue weighted by molar-refractivity contribution is 0.0754. The van der Waals surface area contributed by atoms with Crippen molar-refractivity contribution in [3.63, 3.8) is 0 Å². The zero-order valence-electron chi connectivity index (χ0n) is 11.8. The fourth-order valence-electron chi connectivity index (χ4n) is 2.47. The molecule has 1 heterocycles. The molecule has 5 heteroatoms. The third-order valence-electron chi connectivity index (χ3n) is 3.49. The lowest BCUT2D eigenvalue weighted by atomic mass is 10.1. The van der Waals surface area contributed by atoms with Gasteiger partial charge in [0.2, 0.25) is 0 Å². The lowest BCUT2D eigenvalue weighted by Crippen LogP contribution is -2.29. The summed E-state index contributed by atoms with van der Waals surface area (Å²) in [5.74, 6) is -0.0620. The highest BCUT2D eigenvalue weighted by Crippen LogP contribution is 2.34. The van der Waals surface area contributed by atoms with E-state index >= 15 is 0 Å². The number of rotatable bonds is 5. The third kappa shape index (κ3) is 2.95. The second-order valence-corrected chi connectivity index (χ2v) is 5.71. The van der Waals surface area contributed by atoms with Crippen molar-refractivity contribution in [2.75, 3.05) is 27.2 Å². The van der Waals surface area contributed by atoms with Crippen LogP contribution in [-0.4, -0.2) is 42.9 Å². The van der Waals surface area contributed by atoms with Crippen LogP contribution >= 0.6 is 11.6 Å². The molecule has 0 spiro atoms. The number of nitriles is 1. The van der Waals surface area contributed by atoms with Crippen LogP contribution in [0.5, 0.6) is 0 Å². The second-order valence-electron chi connectivity index (χ2n) is 5.27. The van der Waals surface area contributed by atoms with E-state index in [-0.39, 0.29) is 5.91 Å². The van der Waals surface area contributed by atoms with E-state index < -0.39 is 6.04 Å². The molecule has 1 aromatic carbocycles. The molecule has 0 radical (unpaired) electrons. The topological polar surface area (TPSA) is 47.3 Å². The van der Waals surface area contributed by atoms with Crippen LogP contribution in [0.15, 0.2) is 18.2 Å². The summed E-state index contributed by atoms with van der Waals surface area (Å²) in [6.07, 6.45) is 1.90. The lowest BCUT2D eigenvalue weighted by Gasteiger charge is -2.20. The zero-order valence-corrected chi connectivity index (χ0v) is 12.5. The number of carbonyl (C=O) groups excluding carboxylic acids is 1. The summed E-state index contributed by atoms with van der Waals surface area (Å²) in [4.78, 5) is 16.1. The standard InChI is InChI=1S/C15H18ClN3O/c1-18(2)7-3-4-8-19-14(10-17)13-9-11(16)5-6-12(13)15(19)20/h5-6,9,14H,3-4,7-8H2,1-2H3. The molecule has 0 aromatic heterocycles. The van der Waals surface area contributed by atoms with Crippen molar-refractivity contribution in [1.29, 1.82) is 5.26 Å². The molecule has 1 aliphatic rings. The first-order chi connectivity index (χ1) is 9.54. The van der Waals surface area contributed by atoms with Crippen molar-refractivity contribution >= 4 is 17.5 Å². The van der Waals surface area contributed by atoms with Gasteiger partial charge in [-0.3, -0.25) is 4.79 Å². The first-order valence-electron chi connectivity index (χ1n) is 6.69. The number of nitrogens with zero attached hydrogens (tertiary/aromatic N) is 3. The van der Waals surface area contributed by atoms with Gasteiger partial charge < -0.3 is 9.80 Å². The Morgan fingerprint density at radius 2 is 2.15 bits per heavy atom. The maximum Gasteiger partial charge on any atom is 0.255 e. The van der Waals surface area contributed by atoms with E-state index in [1.54, 1.807) is 23.1 Å². The van der Waals surface area contributed by atoms with Crippen molar-refractivity contribution < 1.29 is 4.79 Å². The van der Waals surface area contributed by atoms with Gasteiger partial charge in [-0.1, -0.05) is 11.6 Å². The molecule has 1 unspecified atom stereocenters. The van der Waals surface area contributed by atoms with Gasteiger partial charge in [-0.05, 0) is 51.7 Å². The molecule has 0 bridgehead atoms. The van der Waals surface area contributed by atoms with Crippen LogP contribution in [0.4, 0.5) is 0 Å². The molecule has 0 fully saturated rings. The maximum atomic E-state index is 12.3. The molecule has 1 atom stereocenters. The first kappa shape index (κ1) is 14.8. The van der Waals surface area contributed by atoms with Gasteiger partial charge in [0.05, 0.1) is 6.07 Å². The van der Waals surface area contributed by atoms with Crippen molar-refractivity contribution in [3.8, 4) is 6.07 Å². The Labute approximate surface area is 124 Å². The molecule has 0 N–H and O–H groups in total. The Balaban J connectivity index is 2.08. The molecule has 20 heavy (non-hydrogen) atoms. The third-order valence-corrected chi connectivity index (χ3v) is 3.72. The van der Waals surface area contributed by atoms with Gasteiger partial charge >= 0.3 is 0 Å². The van der Waals surface area contributed by atoms with E-state index in [0.717, 1.165) is 24.9 Å². The van der Waals surface area contributed by atoms with Crippen LogP contribution in [0, 0.1) is 11.3 Å². The smallest absolute Gasteiger partial charge is 0.255 e. The van der Waals surface area contributed by atoms with Gasteiger partial charge in [0.25, 0.3) is 5.91 Å². The summed E-state index contributed by atoms with van der Waals surface area (Å²) in [6.45, 7) is 1.59. The van der Waals surface area contributed by atoms with E-state index in [0.29, 0.717) is 17.1 Å². The number of carbonyl (C=O) groups is 1. The number of benzene rings is 1. The van der Waals surface area contributed by atoms with Gasteiger partial charge in [0, 0.05) is 22.7 Å². The maximum absolute atomic E-state index is 12.3. The van der Waals surface area contributed by atoms with Crippen molar-refractivity contribution in [2.24, 2.45) is 0 Å². The predicted molar refractivity (Wildman–Crippen MR) is 78.6 cm³/mol. The summed E-state index contributed by atoms with van der Waals surface area (Å²) < 4.78 is 0. The summed E-state index contributed by atoms with van der Waals surface area (Å²) in [5.41, 5.74) is 1.34. The van der Waals surface area contributed by atoms with Gasteiger partial charge in [-0.2, -0.15) is 5.26 Å². The summed E-state index contributed by atoms with van der Waals surface area (Å²) >= 11 is 5.96. The predicted octanol–water partition coefficient (Wildman–Crippen LogP) is 2.70. The van der Waals surface area contributed by atoms with E-state index in [9.17, 15) is 10.1 Å². The Morgan fingerprint density at radius 1 is 1.40 bits per heavy atom. The number of unbranched alkanes of at least 4 members (excludes halogenated alkanes) is 1. The van der Waals surface area contributed by atoms with Gasteiger partial charge in [0.15, 0.2) is 0 Å². The monoisotopic (exact) mass is 291 g/mol. The fraction of sp³-hybridized carbons (Fsp3) is 0.467. The van der Waals surface area contributed by atoms with E-state index in [4.69, 9.17) is 11.6 Å². The van der Waals surface area contributed by atoms with Crippen LogP contribution in [-0.2, 0) is 0 Å². The van der Waals surface area contributed by atoms with Gasteiger partial charge in [-0.25, -0.2) is 0 Å². The number of halogens is 1. The Morgan fingerprint density at radius 3 is 2.80 bits per heavy atom. The minimum absolute atomic E-state index is 0.0620. The SMILES string of the molecule is CN(C)CCCCN1C(=O)c2ccc(Cl)cc2C1C#N. The highest BCUT2D eigenvalue weighted by atomic mass is 35.5. The van der Waals surface area contributed by atoms with Crippen LogP contribution in [0.1, 0.15) is 34.8 Å². The number of hydrogen-bond acceptors (Lipinski definition) is 3. The fourth-order valence-corrected chi connectivity index (χ4v) is 2.66. The van der Waals surface area contributed by atoms with Crippen molar-refractivity contribution in [1.82, 2.24) is 9.80 Å². The zero-order chi connectivity index (χ0) is 14.7. The summed E-state index contributed by atoms with van der Waals surface area (Å²) in [7, 11) is 4.05. The molecular weight excluding hydrogens is 274 g/mol. The minimum atomic E-state index is -0.504. The van der Waals surface area contributed by atoms with Crippen LogP contribution in [0.2, 0.25) is 5.02 Å². The Bertz CT molecular complexity index is 551. The molecule has 4 nitrogen and oxygen atoms in total. The molecule has 0 saturated heterocycles. The highest BCUT2D eigenvalue weighted by molar-refractivity contribution is 6.30. The summed E-state index contributed by atoms with van der Waals surface area (Å²) in [5, 5.41) is 9.90. The number of fused-ring (bicyclic) bond motifs is 1. The number of hydrogen-bond donors (Lipinski definition) is 0. The Hall–Kier alpha value is -1.57. The van der Waals surface area contributed by atoms with E-state index in [2.05, 4.69) is 11.0 Å². The second kappa shape index (κ2) is 6.25. The molecule has 0 saturated carbocycles. The Kier molecular flexibility index (Phi) is 4.64. The van der Waals surface area contributed by atoms with E-state index in [1.807, 2.05) is 14.1 Å². The highest BCUT2D eigenvalue weighted by Gasteiger charge is 2.36. The molecule has 1 aliphatic heterocycles. The summed E-state index contributed by atoms with van der Waals surface area (Å²) in [6, 6.07) is 6.84. The normalized spacial score (nSPS) is 17.4. The van der Waals surface area contributed by atoms with Gasteiger partial charge in [0.1, 0.15) is 6.04 Å². The van der Waals surface area contributed by atoms with Crippen molar-refractivity contribution in [2.45, 2.75) is 18.9 Å². The molecule has 1 amide bonds. The average molecular weight is 292 g/mol. The molecule has 1 aromatic rings. The molecule has 0 aliphatic carbocycles. The molecule has 2 rings (SSSR count). The first-order valence-corrected chi connectivity index (χ1v) is 7.07. The average Bonchev–Trinajstić information content (AvgIpc) is 2.66. The van der Waals surface area contributed by atoms with Crippen LogP contribution < -0.4 is 0 Å². The quantitative estimate of drug-likeness (QED) is 0.784. The van der Waals surface area contributed by atoms with E-state index in [1.165, 1.54) is 0 Å².